The molecule has 2 heterocycles. The van der Waals surface area contributed by atoms with Gasteiger partial charge in [-0.25, -0.2) is 4.90 Å². The molecule has 138 valence electrons. The topological polar surface area (TPSA) is 57.7 Å². The average molecular weight is 362 g/mol. The van der Waals surface area contributed by atoms with Crippen molar-refractivity contribution in [2.75, 3.05) is 18.0 Å². The molecule has 0 saturated carbocycles. The number of benzene rings is 2. The molecular formula is C22H22N2O3. The van der Waals surface area contributed by atoms with Gasteiger partial charge in [0.15, 0.2) is 0 Å². The van der Waals surface area contributed by atoms with Crippen LogP contribution in [-0.2, 0) is 0 Å². The Morgan fingerprint density at radius 1 is 0.889 bits per heavy atom. The predicted molar refractivity (Wildman–Crippen MR) is 103 cm³/mol. The summed E-state index contributed by atoms with van der Waals surface area (Å²) in [4.78, 5) is 41.4. The van der Waals surface area contributed by atoms with Crippen molar-refractivity contribution in [3.8, 4) is 0 Å². The van der Waals surface area contributed by atoms with Crippen molar-refractivity contribution in [3.63, 3.8) is 0 Å². The van der Waals surface area contributed by atoms with E-state index < -0.39 is 0 Å². The Kier molecular flexibility index (Phi) is 4.30. The molecule has 3 amide bonds. The minimum atomic E-state index is -0.347. The zero-order valence-electron chi connectivity index (χ0n) is 15.5. The van der Waals surface area contributed by atoms with Gasteiger partial charge in [-0.2, -0.15) is 0 Å². The van der Waals surface area contributed by atoms with E-state index in [2.05, 4.69) is 13.8 Å². The van der Waals surface area contributed by atoms with Gasteiger partial charge >= 0.3 is 0 Å². The Bertz CT molecular complexity index is 892. The standard InChI is InChI=1S/C22H22N2O3/c1-14-10-15(2)13-23(12-14)20(25)16-6-5-7-17(11-16)24-21(26)18-8-3-4-9-19(18)22(24)27/h3-9,11,14-15H,10,12-13H2,1-2H3/t14-,15+. The maximum Gasteiger partial charge on any atom is 0.266 e. The highest BCUT2D eigenvalue weighted by atomic mass is 16.2. The van der Waals surface area contributed by atoms with Gasteiger partial charge in [-0.05, 0) is 48.6 Å². The van der Waals surface area contributed by atoms with Crippen molar-refractivity contribution in [3.05, 3.63) is 65.2 Å². The summed E-state index contributed by atoms with van der Waals surface area (Å²) in [7, 11) is 0. The van der Waals surface area contributed by atoms with Gasteiger partial charge in [0, 0.05) is 18.7 Å². The number of fused-ring (bicyclic) bond motifs is 1. The molecule has 2 aromatic rings. The van der Waals surface area contributed by atoms with Crippen LogP contribution in [0.3, 0.4) is 0 Å². The van der Waals surface area contributed by atoms with E-state index in [1.54, 1.807) is 48.5 Å². The molecule has 0 aromatic heterocycles. The van der Waals surface area contributed by atoms with Gasteiger partial charge < -0.3 is 4.90 Å². The molecule has 2 aromatic carbocycles. The summed E-state index contributed by atoms with van der Waals surface area (Å²) in [6.45, 7) is 5.79. The number of imide groups is 1. The molecule has 1 fully saturated rings. The van der Waals surface area contributed by atoms with Crippen LogP contribution in [0.25, 0.3) is 0 Å². The highest BCUT2D eigenvalue weighted by Gasteiger charge is 2.36. The monoisotopic (exact) mass is 362 g/mol. The van der Waals surface area contributed by atoms with Crippen LogP contribution in [-0.4, -0.2) is 35.7 Å². The molecule has 2 atom stereocenters. The van der Waals surface area contributed by atoms with Gasteiger partial charge in [-0.3, -0.25) is 14.4 Å². The molecule has 5 heteroatoms. The van der Waals surface area contributed by atoms with Crippen molar-refractivity contribution >= 4 is 23.4 Å². The largest absolute Gasteiger partial charge is 0.338 e. The normalized spacial score (nSPS) is 22.1. The molecule has 2 aliphatic heterocycles. The maximum absolute atomic E-state index is 13.0. The zero-order chi connectivity index (χ0) is 19.1. The first kappa shape index (κ1) is 17.5. The van der Waals surface area contributed by atoms with E-state index in [4.69, 9.17) is 0 Å². The van der Waals surface area contributed by atoms with Gasteiger partial charge in [0.2, 0.25) is 0 Å². The van der Waals surface area contributed by atoms with E-state index in [-0.39, 0.29) is 17.7 Å². The Hall–Kier alpha value is -2.95. The van der Waals surface area contributed by atoms with Crippen molar-refractivity contribution in [1.82, 2.24) is 4.90 Å². The first-order valence-corrected chi connectivity index (χ1v) is 9.33. The number of nitrogens with zero attached hydrogens (tertiary/aromatic N) is 2. The van der Waals surface area contributed by atoms with Crippen molar-refractivity contribution in [1.29, 1.82) is 0 Å². The molecule has 27 heavy (non-hydrogen) atoms. The molecule has 0 bridgehead atoms. The molecule has 1 saturated heterocycles. The van der Waals surface area contributed by atoms with E-state index in [0.29, 0.717) is 34.2 Å². The second kappa shape index (κ2) is 6.65. The lowest BCUT2D eigenvalue weighted by molar-refractivity contribution is 0.0622. The molecule has 4 rings (SSSR count). The third kappa shape index (κ3) is 3.03. The highest BCUT2D eigenvalue weighted by Crippen LogP contribution is 2.29. The number of carbonyl (C=O) groups is 3. The minimum absolute atomic E-state index is 0.0492. The summed E-state index contributed by atoms with van der Waals surface area (Å²) in [6.07, 6.45) is 1.12. The lowest BCUT2D eigenvalue weighted by Crippen LogP contribution is -2.42. The number of rotatable bonds is 2. The number of likely N-dealkylation sites (tertiary alicyclic amines) is 1. The number of hydrogen-bond acceptors (Lipinski definition) is 3. The minimum Gasteiger partial charge on any atom is -0.338 e. The number of piperidine rings is 1. The first-order valence-electron chi connectivity index (χ1n) is 9.33. The van der Waals surface area contributed by atoms with E-state index in [9.17, 15) is 14.4 Å². The maximum atomic E-state index is 13.0. The molecule has 0 radical (unpaired) electrons. The third-order valence-electron chi connectivity index (χ3n) is 5.30. The van der Waals surface area contributed by atoms with Crippen LogP contribution in [0.1, 0.15) is 51.3 Å². The van der Waals surface area contributed by atoms with Gasteiger partial charge in [0.1, 0.15) is 0 Å². The molecule has 0 spiro atoms. The summed E-state index contributed by atoms with van der Waals surface area (Å²) in [5.74, 6) is 0.196. The van der Waals surface area contributed by atoms with Crippen LogP contribution in [0.4, 0.5) is 5.69 Å². The van der Waals surface area contributed by atoms with Gasteiger partial charge in [0.25, 0.3) is 17.7 Å². The molecule has 5 nitrogen and oxygen atoms in total. The quantitative estimate of drug-likeness (QED) is 0.767. The van der Waals surface area contributed by atoms with Gasteiger partial charge in [-0.15, -0.1) is 0 Å². The fraction of sp³-hybridized carbons (Fsp3) is 0.318. The predicted octanol–water partition coefficient (Wildman–Crippen LogP) is 3.61. The molecule has 0 unspecified atom stereocenters. The van der Waals surface area contributed by atoms with E-state index in [1.807, 2.05) is 4.90 Å². The molecule has 0 aliphatic carbocycles. The summed E-state index contributed by atoms with van der Waals surface area (Å²) in [5.41, 5.74) is 1.74. The van der Waals surface area contributed by atoms with Crippen LogP contribution in [0.15, 0.2) is 48.5 Å². The van der Waals surface area contributed by atoms with Crippen molar-refractivity contribution in [2.24, 2.45) is 11.8 Å². The van der Waals surface area contributed by atoms with Crippen molar-refractivity contribution in [2.45, 2.75) is 20.3 Å². The zero-order valence-corrected chi connectivity index (χ0v) is 15.5. The fourth-order valence-corrected chi connectivity index (χ4v) is 4.21. The lowest BCUT2D eigenvalue weighted by atomic mass is 9.91. The Labute approximate surface area is 158 Å². The molecular weight excluding hydrogens is 340 g/mol. The highest BCUT2D eigenvalue weighted by molar-refractivity contribution is 6.34. The lowest BCUT2D eigenvalue weighted by Gasteiger charge is -2.35. The number of anilines is 1. The van der Waals surface area contributed by atoms with Crippen LogP contribution < -0.4 is 4.90 Å². The second-order valence-electron chi connectivity index (χ2n) is 7.70. The second-order valence-corrected chi connectivity index (χ2v) is 7.70. The summed E-state index contributed by atoms with van der Waals surface area (Å²) in [5, 5.41) is 0. The van der Waals surface area contributed by atoms with Gasteiger partial charge in [0.05, 0.1) is 16.8 Å². The van der Waals surface area contributed by atoms with E-state index in [1.165, 1.54) is 0 Å². The number of hydrogen-bond donors (Lipinski definition) is 0. The Balaban J connectivity index is 1.63. The third-order valence-corrected chi connectivity index (χ3v) is 5.30. The Morgan fingerprint density at radius 3 is 2.07 bits per heavy atom. The molecule has 0 N–H and O–H groups in total. The van der Waals surface area contributed by atoms with Crippen LogP contribution in [0, 0.1) is 11.8 Å². The SMILES string of the molecule is C[C@@H]1C[C@H](C)CN(C(=O)c2cccc(N3C(=O)c4ccccc4C3=O)c2)C1. The first-order chi connectivity index (χ1) is 13.0. The summed E-state index contributed by atoms with van der Waals surface area (Å²) < 4.78 is 0. The van der Waals surface area contributed by atoms with E-state index in [0.717, 1.165) is 24.4 Å². The van der Waals surface area contributed by atoms with Crippen LogP contribution in [0.2, 0.25) is 0 Å². The summed E-state index contributed by atoms with van der Waals surface area (Å²) >= 11 is 0. The van der Waals surface area contributed by atoms with Crippen LogP contribution in [0.5, 0.6) is 0 Å². The number of carbonyl (C=O) groups excluding carboxylic acids is 3. The van der Waals surface area contributed by atoms with Crippen molar-refractivity contribution < 1.29 is 14.4 Å². The van der Waals surface area contributed by atoms with Gasteiger partial charge in [-0.1, -0.05) is 32.0 Å². The Morgan fingerprint density at radius 2 is 1.48 bits per heavy atom. The fourth-order valence-electron chi connectivity index (χ4n) is 4.21. The summed E-state index contributed by atoms with van der Waals surface area (Å²) in [6, 6.07) is 13.6. The average Bonchev–Trinajstić information content (AvgIpc) is 2.91. The van der Waals surface area contributed by atoms with Crippen LogP contribution >= 0.6 is 0 Å². The molecule has 2 aliphatic rings. The number of amides is 3. The smallest absolute Gasteiger partial charge is 0.266 e. The van der Waals surface area contributed by atoms with E-state index >= 15 is 0 Å².